The molecule has 110 valence electrons. The monoisotopic (exact) mass is 319 g/mol. The molecule has 0 aliphatic heterocycles. The van der Waals surface area contributed by atoms with Gasteiger partial charge in [-0.25, -0.2) is 0 Å². The van der Waals surface area contributed by atoms with Crippen LogP contribution in [0.4, 0.5) is 0 Å². The smallest absolute Gasteiger partial charge is 0.0342 e. The number of rotatable bonds is 0. The minimum absolute atomic E-state index is 1.41. The number of hydrogen-bond donors (Lipinski definition) is 0. The standard InChI is InChI=1S/C25H5N/c1-4-6-8-10-12-14-16-18-20-22-24-26(3)25-23-21-19-17-15-13-11-9-7-5-2/h1-2H,3H3. The van der Waals surface area contributed by atoms with E-state index in [4.69, 9.17) is 12.8 Å². The van der Waals surface area contributed by atoms with Gasteiger partial charge in [-0.3, -0.25) is 4.90 Å². The normalized spacial score (nSPS) is 4.27. The van der Waals surface area contributed by atoms with Gasteiger partial charge in [-0.15, -0.1) is 12.8 Å². The van der Waals surface area contributed by atoms with Gasteiger partial charge in [0, 0.05) is 78.3 Å². The van der Waals surface area contributed by atoms with E-state index < -0.39 is 0 Å². The van der Waals surface area contributed by atoms with Crippen molar-refractivity contribution in [2.75, 3.05) is 7.05 Å². The maximum Gasteiger partial charge on any atom is 0.0342 e. The lowest BCUT2D eigenvalue weighted by Gasteiger charge is -1.93. The molecular formula is C25H5N. The van der Waals surface area contributed by atoms with E-state index >= 15 is 0 Å². The first-order valence-electron chi connectivity index (χ1n) is 6.47. The molecule has 0 rings (SSSR count). The van der Waals surface area contributed by atoms with Crippen molar-refractivity contribution in [3.8, 4) is 143 Å². The van der Waals surface area contributed by atoms with E-state index in [2.05, 4.69) is 130 Å². The predicted octanol–water partition coefficient (Wildman–Crippen LogP) is 0.134. The van der Waals surface area contributed by atoms with Crippen LogP contribution in [0.1, 0.15) is 0 Å². The first kappa shape index (κ1) is 20.5. The molecule has 0 amide bonds. The minimum Gasteiger partial charge on any atom is -0.262 e. The SMILES string of the molecule is C#CC#CC#CC#CC#CC#CN(C)C#CC#CC#CC#CC#CC#C. The summed E-state index contributed by atoms with van der Waals surface area (Å²) < 4.78 is 0. The molecule has 26 heavy (non-hydrogen) atoms. The van der Waals surface area contributed by atoms with Crippen LogP contribution < -0.4 is 0 Å². The molecule has 0 bridgehead atoms. The first-order chi connectivity index (χ1) is 12.8. The van der Waals surface area contributed by atoms with Crippen molar-refractivity contribution in [1.29, 1.82) is 0 Å². The molecule has 1 heteroatoms. The second-order valence-electron chi connectivity index (χ2n) is 3.32. The fraction of sp³-hybridized carbons (Fsp3) is 0.0400. The summed E-state index contributed by atoms with van der Waals surface area (Å²) in [5.41, 5.74) is 0. The lowest BCUT2D eigenvalue weighted by molar-refractivity contribution is 0.701. The van der Waals surface area contributed by atoms with Gasteiger partial charge in [0.2, 0.25) is 0 Å². The van der Waals surface area contributed by atoms with Crippen LogP contribution in [0.5, 0.6) is 0 Å². The Labute approximate surface area is 155 Å². The molecule has 0 aromatic carbocycles. The minimum atomic E-state index is 1.41. The average molecular weight is 319 g/mol. The molecule has 0 atom stereocenters. The molecule has 0 aliphatic carbocycles. The Bertz CT molecular complexity index is 1150. The van der Waals surface area contributed by atoms with Crippen LogP contribution in [0, 0.1) is 143 Å². The van der Waals surface area contributed by atoms with Gasteiger partial charge in [-0.05, 0) is 59.2 Å². The molecule has 0 fully saturated rings. The van der Waals surface area contributed by atoms with Crippen LogP contribution in [-0.4, -0.2) is 11.9 Å². The molecule has 0 aromatic rings. The number of nitrogens with zero attached hydrogens (tertiary/aromatic N) is 1. The van der Waals surface area contributed by atoms with Gasteiger partial charge in [-0.1, -0.05) is 0 Å². The summed E-state index contributed by atoms with van der Waals surface area (Å²) in [5.74, 6) is 48.8. The van der Waals surface area contributed by atoms with Gasteiger partial charge in [0.1, 0.15) is 0 Å². The molecule has 0 saturated heterocycles. The van der Waals surface area contributed by atoms with Crippen LogP contribution in [-0.2, 0) is 0 Å². The van der Waals surface area contributed by atoms with Crippen molar-refractivity contribution < 1.29 is 0 Å². The van der Waals surface area contributed by atoms with E-state index in [0.717, 1.165) is 0 Å². The Kier molecular flexibility index (Phi) is 13.9. The van der Waals surface area contributed by atoms with Crippen LogP contribution >= 0.6 is 0 Å². The Hall–Kier alpha value is -5.48. The van der Waals surface area contributed by atoms with E-state index in [1.807, 2.05) is 0 Å². The highest BCUT2D eigenvalue weighted by Gasteiger charge is 1.76. The zero-order valence-corrected chi connectivity index (χ0v) is 13.6. The molecule has 0 aromatic heterocycles. The van der Waals surface area contributed by atoms with E-state index in [-0.39, 0.29) is 0 Å². The van der Waals surface area contributed by atoms with Crippen LogP contribution in [0.25, 0.3) is 0 Å². The van der Waals surface area contributed by atoms with Crippen molar-refractivity contribution in [3.05, 3.63) is 0 Å². The Balaban J connectivity index is 4.52. The summed E-state index contributed by atoms with van der Waals surface area (Å²) in [7, 11) is 1.66. The maximum absolute atomic E-state index is 4.92. The third-order valence-electron chi connectivity index (χ3n) is 1.59. The van der Waals surface area contributed by atoms with Crippen LogP contribution in [0.15, 0.2) is 0 Å². The summed E-state index contributed by atoms with van der Waals surface area (Å²) in [4.78, 5) is 1.41. The topological polar surface area (TPSA) is 3.24 Å². The highest BCUT2D eigenvalue weighted by atomic mass is 15.0. The largest absolute Gasteiger partial charge is 0.262 e. The third-order valence-corrected chi connectivity index (χ3v) is 1.59. The van der Waals surface area contributed by atoms with Gasteiger partial charge in [-0.2, -0.15) is 0 Å². The highest BCUT2D eigenvalue weighted by Crippen LogP contribution is 1.70. The summed E-state index contributed by atoms with van der Waals surface area (Å²) in [6.45, 7) is 0. The second-order valence-corrected chi connectivity index (χ2v) is 3.32. The van der Waals surface area contributed by atoms with Crippen molar-refractivity contribution in [2.24, 2.45) is 0 Å². The van der Waals surface area contributed by atoms with E-state index in [1.54, 1.807) is 7.05 Å². The van der Waals surface area contributed by atoms with E-state index in [9.17, 15) is 0 Å². The molecule has 0 saturated carbocycles. The zero-order valence-electron chi connectivity index (χ0n) is 13.6. The van der Waals surface area contributed by atoms with Crippen molar-refractivity contribution in [3.63, 3.8) is 0 Å². The summed E-state index contributed by atoms with van der Waals surface area (Å²) in [6, 6.07) is 5.32. The molecule has 0 heterocycles. The van der Waals surface area contributed by atoms with Crippen molar-refractivity contribution in [1.82, 2.24) is 4.90 Å². The van der Waals surface area contributed by atoms with Crippen LogP contribution in [0.3, 0.4) is 0 Å². The lowest BCUT2D eigenvalue weighted by atomic mass is 10.5. The van der Waals surface area contributed by atoms with Crippen molar-refractivity contribution in [2.45, 2.75) is 0 Å². The highest BCUT2D eigenvalue weighted by molar-refractivity contribution is 5.45. The summed E-state index contributed by atoms with van der Waals surface area (Å²) >= 11 is 0. The van der Waals surface area contributed by atoms with E-state index in [0.29, 0.717) is 0 Å². The molecule has 1 nitrogen and oxygen atoms in total. The molecule has 0 radical (unpaired) electrons. The van der Waals surface area contributed by atoms with Gasteiger partial charge in [0.25, 0.3) is 0 Å². The number of hydrogen-bond acceptors (Lipinski definition) is 1. The molecule has 0 aliphatic rings. The summed E-state index contributed by atoms with van der Waals surface area (Å²) in [6.07, 6.45) is 9.84. The quantitative estimate of drug-likeness (QED) is 0.453. The molecular weight excluding hydrogens is 314 g/mol. The Morgan fingerprint density at radius 3 is 0.885 bits per heavy atom. The maximum atomic E-state index is 4.92. The molecule has 0 unspecified atom stereocenters. The van der Waals surface area contributed by atoms with Crippen LogP contribution in [0.2, 0.25) is 0 Å². The van der Waals surface area contributed by atoms with Crippen molar-refractivity contribution >= 4 is 0 Å². The molecule has 0 N–H and O–H groups in total. The second kappa shape index (κ2) is 17.6. The average Bonchev–Trinajstić information content (AvgIpc) is 2.64. The fourth-order valence-corrected chi connectivity index (χ4v) is 0.761. The van der Waals surface area contributed by atoms with Gasteiger partial charge >= 0.3 is 0 Å². The Morgan fingerprint density at radius 1 is 0.385 bits per heavy atom. The van der Waals surface area contributed by atoms with Gasteiger partial charge < -0.3 is 0 Å². The molecule has 0 spiro atoms. The van der Waals surface area contributed by atoms with Gasteiger partial charge in [0.15, 0.2) is 0 Å². The lowest BCUT2D eigenvalue weighted by Crippen LogP contribution is -2.00. The van der Waals surface area contributed by atoms with E-state index in [1.165, 1.54) is 4.90 Å². The predicted molar refractivity (Wildman–Crippen MR) is 103 cm³/mol. The Morgan fingerprint density at radius 2 is 0.615 bits per heavy atom. The van der Waals surface area contributed by atoms with Gasteiger partial charge in [0.05, 0.1) is 0 Å². The zero-order chi connectivity index (χ0) is 19.1. The fourth-order valence-electron chi connectivity index (χ4n) is 0.761. The third kappa shape index (κ3) is 16.6. The summed E-state index contributed by atoms with van der Waals surface area (Å²) in [5, 5.41) is 0. The first-order valence-corrected chi connectivity index (χ1v) is 6.47. The number of terminal acetylenes is 2.